The summed E-state index contributed by atoms with van der Waals surface area (Å²) in [6, 6.07) is 9.49. The smallest absolute Gasteiger partial charge is 0.325 e. The number of rotatable bonds is 5. The molecule has 0 fully saturated rings. The average molecular weight is 315 g/mol. The molecule has 1 heterocycles. The first-order valence-corrected chi connectivity index (χ1v) is 7.33. The molecule has 0 radical (unpaired) electrons. The second-order valence-corrected chi connectivity index (χ2v) is 5.46. The molecule has 0 spiro atoms. The van der Waals surface area contributed by atoms with Crippen LogP contribution in [0.5, 0.6) is 0 Å². The summed E-state index contributed by atoms with van der Waals surface area (Å²) in [6.45, 7) is 4.03. The van der Waals surface area contributed by atoms with Crippen molar-refractivity contribution in [3.05, 3.63) is 52.8 Å². The van der Waals surface area contributed by atoms with E-state index in [9.17, 15) is 9.59 Å². The highest BCUT2D eigenvalue weighted by Crippen LogP contribution is 2.14. The average Bonchev–Trinajstić information content (AvgIpc) is 2.86. The van der Waals surface area contributed by atoms with Gasteiger partial charge in [0, 0.05) is 13.6 Å². The first-order valence-electron chi connectivity index (χ1n) is 7.33. The monoisotopic (exact) mass is 315 g/mol. The third-order valence-electron chi connectivity index (χ3n) is 3.68. The van der Waals surface area contributed by atoms with Gasteiger partial charge in [-0.1, -0.05) is 24.3 Å². The van der Waals surface area contributed by atoms with E-state index in [4.69, 9.17) is 4.74 Å². The Morgan fingerprint density at radius 1 is 1.26 bits per heavy atom. The Hall–Kier alpha value is -2.63. The van der Waals surface area contributed by atoms with Crippen LogP contribution in [-0.2, 0) is 23.1 Å². The summed E-state index contributed by atoms with van der Waals surface area (Å²) in [5.41, 5.74) is 3.25. The van der Waals surface area contributed by atoms with Crippen LogP contribution in [0.25, 0.3) is 0 Å². The van der Waals surface area contributed by atoms with Gasteiger partial charge < -0.3 is 9.64 Å². The van der Waals surface area contributed by atoms with Crippen molar-refractivity contribution in [2.75, 3.05) is 13.7 Å². The summed E-state index contributed by atoms with van der Waals surface area (Å²) in [4.78, 5) is 26.0. The molecule has 0 aliphatic heterocycles. The molecule has 0 saturated carbocycles. The lowest BCUT2D eigenvalue weighted by Crippen LogP contribution is -2.36. The van der Waals surface area contributed by atoms with Crippen molar-refractivity contribution in [1.29, 1.82) is 0 Å². The summed E-state index contributed by atoms with van der Waals surface area (Å²) in [5.74, 6) is -0.701. The van der Waals surface area contributed by atoms with E-state index in [-0.39, 0.29) is 12.5 Å². The molecular weight excluding hydrogens is 294 g/mol. The number of nitrogens with zero attached hydrogens (tertiary/aromatic N) is 3. The third-order valence-corrected chi connectivity index (χ3v) is 3.68. The first kappa shape index (κ1) is 16.7. The van der Waals surface area contributed by atoms with Crippen LogP contribution >= 0.6 is 0 Å². The topological polar surface area (TPSA) is 64.4 Å². The number of amides is 1. The Labute approximate surface area is 135 Å². The Balaban J connectivity index is 2.30. The van der Waals surface area contributed by atoms with Crippen molar-refractivity contribution in [2.45, 2.75) is 20.4 Å². The van der Waals surface area contributed by atoms with Gasteiger partial charge in [0.05, 0.1) is 12.8 Å². The SMILES string of the molecule is COC(=O)CN(Cc1ccccc1C)C(=O)c1cc(C)nn1C. The van der Waals surface area contributed by atoms with Gasteiger partial charge in [-0.3, -0.25) is 14.3 Å². The Kier molecular flexibility index (Phi) is 5.16. The van der Waals surface area contributed by atoms with Gasteiger partial charge in [-0.2, -0.15) is 5.10 Å². The van der Waals surface area contributed by atoms with Gasteiger partial charge in [-0.15, -0.1) is 0 Å². The van der Waals surface area contributed by atoms with Crippen LogP contribution in [0, 0.1) is 13.8 Å². The zero-order valence-corrected chi connectivity index (χ0v) is 13.9. The molecule has 1 amide bonds. The minimum absolute atomic E-state index is 0.103. The number of carbonyl (C=O) groups excluding carboxylic acids is 2. The first-order chi connectivity index (χ1) is 10.9. The van der Waals surface area contributed by atoms with E-state index >= 15 is 0 Å². The molecule has 0 atom stereocenters. The number of methoxy groups -OCH3 is 1. The predicted molar refractivity (Wildman–Crippen MR) is 85.9 cm³/mol. The molecule has 6 nitrogen and oxygen atoms in total. The van der Waals surface area contributed by atoms with Gasteiger partial charge in [0.2, 0.25) is 0 Å². The minimum atomic E-state index is -0.453. The van der Waals surface area contributed by atoms with E-state index in [0.29, 0.717) is 12.2 Å². The number of aromatic nitrogens is 2. The maximum absolute atomic E-state index is 12.8. The Bertz CT molecular complexity index is 722. The highest BCUT2D eigenvalue weighted by Gasteiger charge is 2.23. The molecule has 1 aromatic heterocycles. The predicted octanol–water partition coefficient (Wildman–Crippen LogP) is 1.85. The number of hydrogen-bond acceptors (Lipinski definition) is 4. The number of benzene rings is 1. The minimum Gasteiger partial charge on any atom is -0.468 e. The summed E-state index contributed by atoms with van der Waals surface area (Å²) in [7, 11) is 3.03. The van der Waals surface area contributed by atoms with Crippen LogP contribution in [0.4, 0.5) is 0 Å². The van der Waals surface area contributed by atoms with Crippen molar-refractivity contribution in [1.82, 2.24) is 14.7 Å². The molecule has 2 rings (SSSR count). The van der Waals surface area contributed by atoms with Crippen LogP contribution < -0.4 is 0 Å². The molecule has 0 aliphatic carbocycles. The highest BCUT2D eigenvalue weighted by atomic mass is 16.5. The van der Waals surface area contributed by atoms with E-state index in [2.05, 4.69) is 5.10 Å². The highest BCUT2D eigenvalue weighted by molar-refractivity contribution is 5.94. The lowest BCUT2D eigenvalue weighted by atomic mass is 10.1. The van der Waals surface area contributed by atoms with Crippen LogP contribution in [0.3, 0.4) is 0 Å². The molecule has 0 aliphatic rings. The van der Waals surface area contributed by atoms with Crippen molar-refractivity contribution in [2.24, 2.45) is 7.05 Å². The van der Waals surface area contributed by atoms with Crippen molar-refractivity contribution in [3.63, 3.8) is 0 Å². The van der Waals surface area contributed by atoms with Crippen molar-refractivity contribution < 1.29 is 14.3 Å². The van der Waals surface area contributed by atoms with Crippen LogP contribution in [0.2, 0.25) is 0 Å². The largest absolute Gasteiger partial charge is 0.468 e. The zero-order valence-electron chi connectivity index (χ0n) is 13.9. The Morgan fingerprint density at radius 3 is 2.52 bits per heavy atom. The lowest BCUT2D eigenvalue weighted by molar-refractivity contribution is -0.141. The van der Waals surface area contributed by atoms with E-state index in [0.717, 1.165) is 16.8 Å². The number of ether oxygens (including phenoxy) is 1. The standard InChI is InChI=1S/C17H21N3O3/c1-12-7-5-6-8-14(12)10-20(11-16(21)23-4)17(22)15-9-13(2)18-19(15)3/h5-9H,10-11H2,1-4H3. The van der Waals surface area contributed by atoms with E-state index in [1.807, 2.05) is 38.1 Å². The molecule has 0 unspecified atom stereocenters. The molecule has 23 heavy (non-hydrogen) atoms. The van der Waals surface area contributed by atoms with E-state index < -0.39 is 5.97 Å². The summed E-state index contributed by atoms with van der Waals surface area (Å²) in [5, 5.41) is 4.19. The quantitative estimate of drug-likeness (QED) is 0.790. The zero-order chi connectivity index (χ0) is 17.0. The second-order valence-electron chi connectivity index (χ2n) is 5.46. The molecular formula is C17H21N3O3. The van der Waals surface area contributed by atoms with Crippen molar-refractivity contribution >= 4 is 11.9 Å². The van der Waals surface area contributed by atoms with Crippen molar-refractivity contribution in [3.8, 4) is 0 Å². The van der Waals surface area contributed by atoms with Crippen LogP contribution in [0.15, 0.2) is 30.3 Å². The van der Waals surface area contributed by atoms with Gasteiger partial charge in [0.15, 0.2) is 0 Å². The number of esters is 1. The fourth-order valence-electron chi connectivity index (χ4n) is 2.39. The van der Waals surface area contributed by atoms with Crippen LogP contribution in [-0.4, -0.2) is 40.2 Å². The molecule has 6 heteroatoms. The Morgan fingerprint density at radius 2 is 1.96 bits per heavy atom. The van der Waals surface area contributed by atoms with Gasteiger partial charge in [0.1, 0.15) is 12.2 Å². The number of hydrogen-bond donors (Lipinski definition) is 0. The summed E-state index contributed by atoms with van der Waals surface area (Å²) >= 11 is 0. The maximum atomic E-state index is 12.8. The summed E-state index contributed by atoms with van der Waals surface area (Å²) < 4.78 is 6.24. The second kappa shape index (κ2) is 7.09. The lowest BCUT2D eigenvalue weighted by Gasteiger charge is -2.22. The third kappa shape index (κ3) is 3.97. The number of carbonyl (C=O) groups is 2. The van der Waals surface area contributed by atoms with Crippen LogP contribution in [0.1, 0.15) is 27.3 Å². The maximum Gasteiger partial charge on any atom is 0.325 e. The molecule has 1 aromatic carbocycles. The summed E-state index contributed by atoms with van der Waals surface area (Å²) in [6.07, 6.45) is 0. The van der Waals surface area contributed by atoms with Gasteiger partial charge in [0.25, 0.3) is 5.91 Å². The fraction of sp³-hybridized carbons (Fsp3) is 0.353. The molecule has 0 bridgehead atoms. The number of aryl methyl sites for hydroxylation is 3. The van der Waals surface area contributed by atoms with E-state index in [1.165, 1.54) is 16.7 Å². The molecule has 0 saturated heterocycles. The van der Waals surface area contributed by atoms with Gasteiger partial charge >= 0.3 is 5.97 Å². The van der Waals surface area contributed by atoms with Gasteiger partial charge in [-0.25, -0.2) is 0 Å². The van der Waals surface area contributed by atoms with Gasteiger partial charge in [-0.05, 0) is 31.0 Å². The molecule has 122 valence electrons. The molecule has 0 N–H and O–H groups in total. The van der Waals surface area contributed by atoms with E-state index in [1.54, 1.807) is 13.1 Å². The fourth-order valence-corrected chi connectivity index (χ4v) is 2.39. The molecule has 2 aromatic rings. The normalized spacial score (nSPS) is 10.4.